The number of nitrogens with one attached hydrogen (secondary N) is 1. The van der Waals surface area contributed by atoms with Crippen LogP contribution >= 0.6 is 0 Å². The van der Waals surface area contributed by atoms with Gasteiger partial charge in [0.2, 0.25) is 0 Å². The lowest BCUT2D eigenvalue weighted by Crippen LogP contribution is -2.25. The highest BCUT2D eigenvalue weighted by atomic mass is 15.1. The minimum atomic E-state index is 0.270. The monoisotopic (exact) mass is 272 g/mol. The number of hydrogen-bond donors (Lipinski definition) is 1. The summed E-state index contributed by atoms with van der Waals surface area (Å²) in [5.41, 5.74) is 2.54. The van der Waals surface area contributed by atoms with Crippen LogP contribution in [0.15, 0.2) is 30.9 Å². The first-order valence-corrected chi connectivity index (χ1v) is 7.40. The third-order valence-electron chi connectivity index (χ3n) is 3.56. The third kappa shape index (κ3) is 3.45. The van der Waals surface area contributed by atoms with Crippen molar-refractivity contribution in [2.45, 2.75) is 46.2 Å². The van der Waals surface area contributed by atoms with Crippen LogP contribution in [0, 0.1) is 6.92 Å². The minimum absolute atomic E-state index is 0.270. The Labute approximate surface area is 121 Å². The molecule has 1 N–H and O–H groups in total. The second-order valence-electron chi connectivity index (χ2n) is 5.08. The second-order valence-corrected chi connectivity index (χ2v) is 5.08. The van der Waals surface area contributed by atoms with Crippen molar-refractivity contribution < 1.29 is 0 Å². The lowest BCUT2D eigenvalue weighted by atomic mass is 10.0. The maximum atomic E-state index is 4.51. The van der Waals surface area contributed by atoms with Crippen LogP contribution in [0.5, 0.6) is 0 Å². The van der Waals surface area contributed by atoms with E-state index in [0.717, 1.165) is 31.8 Å². The van der Waals surface area contributed by atoms with Crippen molar-refractivity contribution in [2.75, 3.05) is 6.54 Å². The van der Waals surface area contributed by atoms with Crippen LogP contribution in [-0.2, 0) is 13.0 Å². The summed E-state index contributed by atoms with van der Waals surface area (Å²) in [6.07, 6.45) is 9.80. The zero-order valence-electron chi connectivity index (χ0n) is 12.6. The summed E-state index contributed by atoms with van der Waals surface area (Å²) in [6, 6.07) is 2.34. The molecule has 0 saturated heterocycles. The largest absolute Gasteiger partial charge is 0.335 e. The van der Waals surface area contributed by atoms with Gasteiger partial charge in [-0.05, 0) is 37.1 Å². The fraction of sp³-hybridized carbons (Fsp3) is 0.500. The first-order valence-electron chi connectivity index (χ1n) is 7.40. The Kier molecular flexibility index (Phi) is 5.30. The van der Waals surface area contributed by atoms with Crippen molar-refractivity contribution in [3.05, 3.63) is 47.8 Å². The van der Waals surface area contributed by atoms with Crippen molar-refractivity contribution >= 4 is 0 Å². The molecule has 20 heavy (non-hydrogen) atoms. The Bertz CT molecular complexity index is 533. The van der Waals surface area contributed by atoms with Crippen LogP contribution < -0.4 is 5.32 Å². The van der Waals surface area contributed by atoms with Crippen LogP contribution in [0.3, 0.4) is 0 Å². The number of hydrogen-bond acceptors (Lipinski definition) is 3. The number of pyridine rings is 1. The Morgan fingerprint density at radius 3 is 2.85 bits per heavy atom. The van der Waals surface area contributed by atoms with Crippen molar-refractivity contribution in [1.29, 1.82) is 0 Å². The fourth-order valence-corrected chi connectivity index (χ4v) is 2.54. The van der Waals surface area contributed by atoms with Gasteiger partial charge in [0, 0.05) is 43.8 Å². The van der Waals surface area contributed by atoms with E-state index in [1.165, 1.54) is 11.1 Å². The first kappa shape index (κ1) is 14.7. The summed E-state index contributed by atoms with van der Waals surface area (Å²) in [6.45, 7) is 8.43. The predicted molar refractivity (Wildman–Crippen MR) is 81.6 cm³/mol. The molecule has 0 amide bonds. The molecule has 1 unspecified atom stereocenters. The zero-order valence-corrected chi connectivity index (χ0v) is 12.6. The molecule has 2 aromatic heterocycles. The van der Waals surface area contributed by atoms with Gasteiger partial charge in [0.05, 0.1) is 0 Å². The zero-order chi connectivity index (χ0) is 14.4. The molecule has 108 valence electrons. The van der Waals surface area contributed by atoms with Crippen molar-refractivity contribution in [2.24, 2.45) is 0 Å². The molecule has 0 bridgehead atoms. The maximum absolute atomic E-state index is 4.51. The lowest BCUT2D eigenvalue weighted by molar-refractivity contribution is 0.513. The Morgan fingerprint density at radius 2 is 2.15 bits per heavy atom. The average molecular weight is 272 g/mol. The topological polar surface area (TPSA) is 42.7 Å². The molecule has 0 aliphatic rings. The van der Waals surface area contributed by atoms with Gasteiger partial charge < -0.3 is 9.88 Å². The van der Waals surface area contributed by atoms with Gasteiger partial charge in [0.15, 0.2) is 0 Å². The highest BCUT2D eigenvalue weighted by molar-refractivity contribution is 5.26. The van der Waals surface area contributed by atoms with Crippen LogP contribution in [0.1, 0.15) is 43.3 Å². The predicted octanol–water partition coefficient (Wildman–Crippen LogP) is 2.89. The Morgan fingerprint density at radius 1 is 1.30 bits per heavy atom. The normalized spacial score (nSPS) is 12.6. The molecule has 0 aliphatic heterocycles. The summed E-state index contributed by atoms with van der Waals surface area (Å²) in [7, 11) is 0. The summed E-state index contributed by atoms with van der Waals surface area (Å²) in [5.74, 6) is 1.14. The molecule has 0 radical (unpaired) electrons. The first-order chi connectivity index (χ1) is 9.76. The Hall–Kier alpha value is -1.68. The smallest absolute Gasteiger partial charge is 0.110 e. The number of aryl methyl sites for hydroxylation is 2. The van der Waals surface area contributed by atoms with E-state index in [2.05, 4.69) is 52.9 Å². The standard InChI is InChI=1S/C16H24N4/c1-4-9-20-10-8-19-16(20)11-15(18-5-2)14-12-17-7-6-13(14)3/h6-8,10,12,15,18H,4-5,9,11H2,1-3H3. The highest BCUT2D eigenvalue weighted by Crippen LogP contribution is 2.20. The lowest BCUT2D eigenvalue weighted by Gasteiger charge is -2.20. The molecule has 0 aromatic carbocycles. The molecule has 2 rings (SSSR count). The van der Waals surface area contributed by atoms with Gasteiger partial charge in [-0.15, -0.1) is 0 Å². The molecule has 0 fully saturated rings. The number of rotatable bonds is 7. The summed E-state index contributed by atoms with van der Waals surface area (Å²) in [4.78, 5) is 8.78. The maximum Gasteiger partial charge on any atom is 0.110 e. The van der Waals surface area contributed by atoms with Crippen molar-refractivity contribution in [3.8, 4) is 0 Å². The molecule has 0 aliphatic carbocycles. The van der Waals surface area contributed by atoms with E-state index in [4.69, 9.17) is 0 Å². The third-order valence-corrected chi connectivity index (χ3v) is 3.56. The summed E-state index contributed by atoms with van der Waals surface area (Å²) < 4.78 is 2.25. The van der Waals surface area contributed by atoms with E-state index in [0.29, 0.717) is 0 Å². The average Bonchev–Trinajstić information content (AvgIpc) is 2.87. The van der Waals surface area contributed by atoms with E-state index in [1.54, 1.807) is 0 Å². The van der Waals surface area contributed by atoms with E-state index in [9.17, 15) is 0 Å². The van der Waals surface area contributed by atoms with E-state index in [1.807, 2.05) is 18.6 Å². The summed E-state index contributed by atoms with van der Waals surface area (Å²) >= 11 is 0. The molecule has 0 spiro atoms. The van der Waals surface area contributed by atoms with Gasteiger partial charge >= 0.3 is 0 Å². The number of nitrogens with zero attached hydrogens (tertiary/aromatic N) is 3. The van der Waals surface area contributed by atoms with E-state index >= 15 is 0 Å². The van der Waals surface area contributed by atoms with Gasteiger partial charge in [-0.1, -0.05) is 13.8 Å². The summed E-state index contributed by atoms with van der Waals surface area (Å²) in [5, 5.41) is 3.55. The molecular weight excluding hydrogens is 248 g/mol. The van der Waals surface area contributed by atoms with Gasteiger partial charge in [-0.3, -0.25) is 4.98 Å². The Balaban J connectivity index is 2.21. The van der Waals surface area contributed by atoms with Gasteiger partial charge in [0.25, 0.3) is 0 Å². The number of aromatic nitrogens is 3. The van der Waals surface area contributed by atoms with Gasteiger partial charge in [0.1, 0.15) is 5.82 Å². The fourth-order valence-electron chi connectivity index (χ4n) is 2.54. The van der Waals surface area contributed by atoms with Crippen molar-refractivity contribution in [1.82, 2.24) is 19.9 Å². The SMILES string of the molecule is CCCn1ccnc1CC(NCC)c1cnccc1C. The van der Waals surface area contributed by atoms with E-state index < -0.39 is 0 Å². The van der Waals surface area contributed by atoms with E-state index in [-0.39, 0.29) is 6.04 Å². The van der Waals surface area contributed by atoms with Crippen LogP contribution in [0.4, 0.5) is 0 Å². The molecule has 0 saturated carbocycles. The molecule has 2 aromatic rings. The van der Waals surface area contributed by atoms with Crippen LogP contribution in [-0.4, -0.2) is 21.1 Å². The molecular formula is C16H24N4. The van der Waals surface area contributed by atoms with Gasteiger partial charge in [-0.25, -0.2) is 4.98 Å². The quantitative estimate of drug-likeness (QED) is 0.842. The van der Waals surface area contributed by atoms with Crippen LogP contribution in [0.2, 0.25) is 0 Å². The second kappa shape index (κ2) is 7.20. The molecule has 4 nitrogen and oxygen atoms in total. The highest BCUT2D eigenvalue weighted by Gasteiger charge is 2.16. The number of likely N-dealkylation sites (N-methyl/N-ethyl adjacent to an activating group) is 1. The molecule has 2 heterocycles. The number of imidazole rings is 1. The minimum Gasteiger partial charge on any atom is -0.335 e. The molecule has 1 atom stereocenters. The van der Waals surface area contributed by atoms with Gasteiger partial charge in [-0.2, -0.15) is 0 Å². The molecule has 4 heteroatoms. The van der Waals surface area contributed by atoms with Crippen LogP contribution in [0.25, 0.3) is 0 Å². The van der Waals surface area contributed by atoms with Crippen molar-refractivity contribution in [3.63, 3.8) is 0 Å².